The van der Waals surface area contributed by atoms with Crippen LogP contribution in [0.4, 0.5) is 5.69 Å². The van der Waals surface area contributed by atoms with Crippen molar-refractivity contribution in [1.29, 1.82) is 0 Å². The van der Waals surface area contributed by atoms with E-state index in [1.54, 1.807) is 19.1 Å². The third-order valence-corrected chi connectivity index (χ3v) is 5.18. The van der Waals surface area contributed by atoms with E-state index >= 15 is 0 Å². The maximum atomic E-state index is 11.7. The summed E-state index contributed by atoms with van der Waals surface area (Å²) in [5, 5.41) is 3.42. The van der Waals surface area contributed by atoms with Crippen molar-refractivity contribution in [3.8, 4) is 0 Å². The molecule has 0 spiro atoms. The van der Waals surface area contributed by atoms with Gasteiger partial charge >= 0.3 is 0 Å². The molecular formula is C16H27NO2S. The molecule has 4 heteroatoms. The molecule has 1 N–H and O–H groups in total. The summed E-state index contributed by atoms with van der Waals surface area (Å²) < 4.78 is 23.4. The summed E-state index contributed by atoms with van der Waals surface area (Å²) in [5.41, 5.74) is 0.983. The monoisotopic (exact) mass is 297 g/mol. The van der Waals surface area contributed by atoms with Gasteiger partial charge in [0.2, 0.25) is 0 Å². The lowest BCUT2D eigenvalue weighted by molar-refractivity contribution is 0.520. The predicted molar refractivity (Wildman–Crippen MR) is 85.9 cm³/mol. The van der Waals surface area contributed by atoms with E-state index in [9.17, 15) is 8.42 Å². The highest BCUT2D eigenvalue weighted by atomic mass is 32.2. The van der Waals surface area contributed by atoms with Crippen LogP contribution in [0.2, 0.25) is 0 Å². The molecule has 0 heterocycles. The number of benzene rings is 1. The van der Waals surface area contributed by atoms with Crippen LogP contribution in [0.3, 0.4) is 0 Å². The van der Waals surface area contributed by atoms with Crippen LogP contribution in [0.5, 0.6) is 0 Å². The van der Waals surface area contributed by atoms with Crippen LogP contribution < -0.4 is 5.32 Å². The number of hydrogen-bond acceptors (Lipinski definition) is 3. The Bertz CT molecular complexity index is 492. The summed E-state index contributed by atoms with van der Waals surface area (Å²) in [5.74, 6) is 0.895. The number of nitrogens with one attached hydrogen (secondary N) is 1. The SMILES string of the molecule is CCS(=O)(=O)c1ccc(NC(C)CCCC(C)C)cc1. The number of sulfone groups is 1. The summed E-state index contributed by atoms with van der Waals surface area (Å²) in [4.78, 5) is 0.401. The second-order valence-electron chi connectivity index (χ2n) is 5.80. The van der Waals surface area contributed by atoms with E-state index in [1.165, 1.54) is 12.8 Å². The normalized spacial score (nSPS) is 13.4. The van der Waals surface area contributed by atoms with E-state index in [1.807, 2.05) is 12.1 Å². The van der Waals surface area contributed by atoms with Crippen LogP contribution in [0.1, 0.15) is 47.0 Å². The van der Waals surface area contributed by atoms with Crippen LogP contribution in [0.25, 0.3) is 0 Å². The summed E-state index contributed by atoms with van der Waals surface area (Å²) in [6.07, 6.45) is 3.60. The first-order valence-electron chi connectivity index (χ1n) is 7.44. The van der Waals surface area contributed by atoms with Gasteiger partial charge in [-0.2, -0.15) is 0 Å². The van der Waals surface area contributed by atoms with Crippen molar-refractivity contribution in [2.45, 2.75) is 57.9 Å². The minimum atomic E-state index is -3.09. The average molecular weight is 297 g/mol. The van der Waals surface area contributed by atoms with Gasteiger partial charge in [0.25, 0.3) is 0 Å². The van der Waals surface area contributed by atoms with Crippen LogP contribution in [-0.2, 0) is 9.84 Å². The quantitative estimate of drug-likeness (QED) is 0.785. The molecule has 0 amide bonds. The fraction of sp³-hybridized carbons (Fsp3) is 0.625. The molecule has 0 saturated heterocycles. The fourth-order valence-electron chi connectivity index (χ4n) is 2.11. The maximum Gasteiger partial charge on any atom is 0.178 e. The lowest BCUT2D eigenvalue weighted by Gasteiger charge is -2.16. The summed E-state index contributed by atoms with van der Waals surface area (Å²) >= 11 is 0. The first-order valence-corrected chi connectivity index (χ1v) is 9.09. The lowest BCUT2D eigenvalue weighted by atomic mass is 10.0. The molecule has 0 aliphatic rings. The smallest absolute Gasteiger partial charge is 0.178 e. The molecule has 20 heavy (non-hydrogen) atoms. The van der Waals surface area contributed by atoms with E-state index in [0.29, 0.717) is 10.9 Å². The molecule has 0 saturated carbocycles. The first kappa shape index (κ1) is 17.0. The molecule has 3 nitrogen and oxygen atoms in total. The fourth-order valence-corrected chi connectivity index (χ4v) is 3.00. The molecule has 0 fully saturated rings. The Kier molecular flexibility index (Phi) is 6.53. The highest BCUT2D eigenvalue weighted by Gasteiger charge is 2.11. The molecule has 1 rings (SSSR count). The molecule has 0 bridgehead atoms. The van der Waals surface area contributed by atoms with E-state index < -0.39 is 9.84 Å². The summed E-state index contributed by atoms with van der Waals surface area (Å²) in [6, 6.07) is 7.47. The Morgan fingerprint density at radius 2 is 1.65 bits per heavy atom. The molecule has 0 radical (unpaired) electrons. The standard InChI is InChI=1S/C16H27NO2S/c1-5-20(18,19)16-11-9-15(10-12-16)17-14(4)8-6-7-13(2)3/h9-14,17H,5-8H2,1-4H3. The molecule has 1 atom stereocenters. The number of hydrogen-bond donors (Lipinski definition) is 1. The van der Waals surface area contributed by atoms with Crippen LogP contribution in [-0.4, -0.2) is 20.2 Å². The minimum Gasteiger partial charge on any atom is -0.383 e. The molecule has 114 valence electrons. The Morgan fingerprint density at radius 3 is 2.15 bits per heavy atom. The van der Waals surface area contributed by atoms with Crippen LogP contribution in [0, 0.1) is 5.92 Å². The Morgan fingerprint density at radius 1 is 1.05 bits per heavy atom. The van der Waals surface area contributed by atoms with Gasteiger partial charge in [0, 0.05) is 11.7 Å². The number of rotatable bonds is 8. The highest BCUT2D eigenvalue weighted by molar-refractivity contribution is 7.91. The molecule has 1 aromatic carbocycles. The zero-order valence-corrected chi connectivity index (χ0v) is 13.8. The second kappa shape index (κ2) is 7.67. The third kappa shape index (κ3) is 5.53. The highest BCUT2D eigenvalue weighted by Crippen LogP contribution is 2.17. The van der Waals surface area contributed by atoms with Crippen molar-refractivity contribution in [1.82, 2.24) is 0 Å². The van der Waals surface area contributed by atoms with E-state index in [0.717, 1.165) is 18.0 Å². The summed E-state index contributed by atoms with van der Waals surface area (Å²) in [7, 11) is -3.09. The maximum absolute atomic E-state index is 11.7. The lowest BCUT2D eigenvalue weighted by Crippen LogP contribution is -2.15. The van der Waals surface area contributed by atoms with Gasteiger partial charge in [-0.15, -0.1) is 0 Å². The van der Waals surface area contributed by atoms with Gasteiger partial charge < -0.3 is 5.32 Å². The van der Waals surface area contributed by atoms with Gasteiger partial charge in [0.15, 0.2) is 9.84 Å². The van der Waals surface area contributed by atoms with Gasteiger partial charge in [0.1, 0.15) is 0 Å². The van der Waals surface area contributed by atoms with Gasteiger partial charge in [-0.1, -0.05) is 33.6 Å². The van der Waals surface area contributed by atoms with Crippen molar-refractivity contribution >= 4 is 15.5 Å². The number of anilines is 1. The molecule has 1 unspecified atom stereocenters. The van der Waals surface area contributed by atoms with Crippen molar-refractivity contribution in [3.63, 3.8) is 0 Å². The Labute approximate surface area is 123 Å². The largest absolute Gasteiger partial charge is 0.383 e. The molecule has 0 aliphatic carbocycles. The Balaban J connectivity index is 2.53. The Hall–Kier alpha value is -1.03. The predicted octanol–water partition coefficient (Wildman–Crippen LogP) is 4.11. The van der Waals surface area contributed by atoms with E-state index in [2.05, 4.69) is 26.1 Å². The van der Waals surface area contributed by atoms with E-state index in [4.69, 9.17) is 0 Å². The van der Waals surface area contributed by atoms with Gasteiger partial charge in [-0.3, -0.25) is 0 Å². The van der Waals surface area contributed by atoms with Crippen molar-refractivity contribution in [2.75, 3.05) is 11.1 Å². The molecule has 0 aromatic heterocycles. The zero-order chi connectivity index (χ0) is 15.2. The van der Waals surface area contributed by atoms with Crippen LogP contribution in [0.15, 0.2) is 29.2 Å². The minimum absolute atomic E-state index is 0.144. The van der Waals surface area contributed by atoms with Crippen molar-refractivity contribution in [3.05, 3.63) is 24.3 Å². The first-order chi connectivity index (χ1) is 9.35. The molecule has 0 aliphatic heterocycles. The van der Waals surface area contributed by atoms with Crippen molar-refractivity contribution < 1.29 is 8.42 Å². The third-order valence-electron chi connectivity index (χ3n) is 3.43. The topological polar surface area (TPSA) is 46.2 Å². The molecular weight excluding hydrogens is 270 g/mol. The van der Waals surface area contributed by atoms with Crippen molar-refractivity contribution in [2.24, 2.45) is 5.92 Å². The second-order valence-corrected chi connectivity index (χ2v) is 8.08. The van der Waals surface area contributed by atoms with Crippen LogP contribution >= 0.6 is 0 Å². The van der Waals surface area contributed by atoms with E-state index in [-0.39, 0.29) is 5.75 Å². The van der Waals surface area contributed by atoms with Gasteiger partial charge in [0.05, 0.1) is 10.6 Å². The zero-order valence-electron chi connectivity index (χ0n) is 13.0. The average Bonchev–Trinajstić information content (AvgIpc) is 2.39. The molecule has 1 aromatic rings. The van der Waals surface area contributed by atoms with Gasteiger partial charge in [-0.25, -0.2) is 8.42 Å². The van der Waals surface area contributed by atoms with Gasteiger partial charge in [-0.05, 0) is 43.5 Å². The summed E-state index contributed by atoms with van der Waals surface area (Å²) in [6.45, 7) is 8.31.